The fourth-order valence-corrected chi connectivity index (χ4v) is 3.94. The van der Waals surface area contributed by atoms with E-state index >= 15 is 0 Å². The number of sulfone groups is 1. The average molecular weight is 442 g/mol. The van der Waals surface area contributed by atoms with Crippen molar-refractivity contribution in [3.8, 4) is 0 Å². The molecule has 1 amide bonds. The summed E-state index contributed by atoms with van der Waals surface area (Å²) in [6, 6.07) is 9.14. The Morgan fingerprint density at radius 3 is 2.30 bits per heavy atom. The fraction of sp³-hybridized carbons (Fsp3) is 0.350. The van der Waals surface area contributed by atoms with Gasteiger partial charge >= 0.3 is 6.18 Å². The first-order chi connectivity index (χ1) is 14.0. The Labute approximate surface area is 172 Å². The van der Waals surface area contributed by atoms with Crippen molar-refractivity contribution < 1.29 is 31.1 Å². The molecule has 1 aliphatic rings. The van der Waals surface area contributed by atoms with Crippen molar-refractivity contribution in [3.05, 3.63) is 59.2 Å². The number of ether oxygens (including phenoxy) is 1. The maximum Gasteiger partial charge on any atom is 0.416 e. The largest absolute Gasteiger partial charge is 0.416 e. The summed E-state index contributed by atoms with van der Waals surface area (Å²) in [6.45, 7) is 1.87. The van der Waals surface area contributed by atoms with Gasteiger partial charge in [0.2, 0.25) is 0 Å². The minimum Gasteiger partial charge on any atom is -0.378 e. The van der Waals surface area contributed by atoms with Gasteiger partial charge in [-0.15, -0.1) is 0 Å². The zero-order valence-electron chi connectivity index (χ0n) is 16.2. The van der Waals surface area contributed by atoms with Crippen LogP contribution in [-0.4, -0.2) is 46.9 Å². The van der Waals surface area contributed by atoms with E-state index in [2.05, 4.69) is 5.32 Å². The molecule has 0 aliphatic carbocycles. The van der Waals surface area contributed by atoms with Crippen LogP contribution in [0.4, 0.5) is 24.5 Å². The highest BCUT2D eigenvalue weighted by Gasteiger charge is 2.32. The molecule has 1 saturated heterocycles. The van der Waals surface area contributed by atoms with E-state index in [-0.39, 0.29) is 17.0 Å². The highest BCUT2D eigenvalue weighted by atomic mass is 32.2. The zero-order chi connectivity index (χ0) is 21.9. The number of alkyl halides is 3. The van der Waals surface area contributed by atoms with E-state index in [9.17, 15) is 26.4 Å². The zero-order valence-corrected chi connectivity index (χ0v) is 17.0. The van der Waals surface area contributed by atoms with E-state index in [1.165, 1.54) is 30.3 Å². The molecule has 0 aromatic heterocycles. The highest BCUT2D eigenvalue weighted by Crippen LogP contribution is 2.36. The molecule has 0 saturated carbocycles. The van der Waals surface area contributed by atoms with Crippen LogP contribution < -0.4 is 10.2 Å². The van der Waals surface area contributed by atoms with Gasteiger partial charge in [0.25, 0.3) is 5.91 Å². The van der Waals surface area contributed by atoms with Crippen molar-refractivity contribution in [1.82, 2.24) is 0 Å². The topological polar surface area (TPSA) is 75.7 Å². The van der Waals surface area contributed by atoms with Gasteiger partial charge in [0, 0.05) is 24.9 Å². The lowest BCUT2D eigenvalue weighted by Crippen LogP contribution is -2.36. The van der Waals surface area contributed by atoms with Crippen LogP contribution in [0.15, 0.2) is 42.5 Å². The predicted molar refractivity (Wildman–Crippen MR) is 107 cm³/mol. The molecule has 2 aromatic rings. The first-order valence-corrected chi connectivity index (χ1v) is 11.2. The summed E-state index contributed by atoms with van der Waals surface area (Å²) < 4.78 is 67.6. The van der Waals surface area contributed by atoms with Crippen molar-refractivity contribution in [2.45, 2.75) is 11.9 Å². The normalized spacial score (nSPS) is 15.1. The minimum absolute atomic E-state index is 0.0527. The van der Waals surface area contributed by atoms with Gasteiger partial charge < -0.3 is 15.0 Å². The van der Waals surface area contributed by atoms with Crippen LogP contribution in [0.5, 0.6) is 0 Å². The van der Waals surface area contributed by atoms with E-state index in [1.54, 1.807) is 0 Å². The molecule has 0 atom stereocenters. The molecular weight excluding hydrogens is 421 g/mol. The SMILES string of the molecule is CS(=O)(=O)Cc1ccc(C(=O)Nc2cc(C(F)(F)F)ccc2N2CCOCC2)cc1. The monoisotopic (exact) mass is 442 g/mol. The van der Waals surface area contributed by atoms with Crippen LogP contribution in [-0.2, 0) is 26.5 Å². The summed E-state index contributed by atoms with van der Waals surface area (Å²) in [5.74, 6) is -0.751. The summed E-state index contributed by atoms with van der Waals surface area (Å²) in [6.07, 6.45) is -3.44. The molecule has 6 nitrogen and oxygen atoms in total. The number of halogens is 3. The number of hydrogen-bond acceptors (Lipinski definition) is 5. The summed E-state index contributed by atoms with van der Waals surface area (Å²) in [5, 5.41) is 2.56. The van der Waals surface area contributed by atoms with Crippen molar-refractivity contribution in [1.29, 1.82) is 0 Å². The van der Waals surface area contributed by atoms with E-state index in [0.29, 0.717) is 37.6 Å². The molecule has 3 rings (SSSR count). The van der Waals surface area contributed by atoms with Gasteiger partial charge in [0.15, 0.2) is 9.84 Å². The Bertz CT molecular complexity index is 1020. The third-order valence-electron chi connectivity index (χ3n) is 4.57. The minimum atomic E-state index is -4.55. The number of anilines is 2. The van der Waals surface area contributed by atoms with Gasteiger partial charge in [0.05, 0.1) is 35.9 Å². The lowest BCUT2D eigenvalue weighted by atomic mass is 10.1. The van der Waals surface area contributed by atoms with Gasteiger partial charge in [-0.25, -0.2) is 8.42 Å². The standard InChI is InChI=1S/C20H21F3N2O4S/c1-30(27,28)13-14-2-4-15(5-3-14)19(26)24-17-12-16(20(21,22)23)6-7-18(17)25-8-10-29-11-9-25/h2-7,12H,8-11,13H2,1H3,(H,24,26). The Balaban J connectivity index is 1.86. The van der Waals surface area contributed by atoms with Gasteiger partial charge in [-0.3, -0.25) is 4.79 Å². The van der Waals surface area contributed by atoms with Crippen molar-refractivity contribution in [3.63, 3.8) is 0 Å². The molecule has 30 heavy (non-hydrogen) atoms. The van der Waals surface area contributed by atoms with E-state index in [4.69, 9.17) is 4.74 Å². The van der Waals surface area contributed by atoms with Gasteiger partial charge in [0.1, 0.15) is 0 Å². The van der Waals surface area contributed by atoms with Gasteiger partial charge in [-0.1, -0.05) is 12.1 Å². The summed E-state index contributed by atoms with van der Waals surface area (Å²) in [4.78, 5) is 14.5. The fourth-order valence-electron chi connectivity index (χ4n) is 3.14. The van der Waals surface area contributed by atoms with E-state index in [1.807, 2.05) is 4.90 Å². The molecule has 162 valence electrons. The third-order valence-corrected chi connectivity index (χ3v) is 5.43. The number of amides is 1. The number of hydrogen-bond donors (Lipinski definition) is 1. The Kier molecular flexibility index (Phi) is 6.37. The molecule has 1 aliphatic heterocycles. The molecule has 0 bridgehead atoms. The number of carbonyl (C=O) groups is 1. The number of rotatable bonds is 5. The van der Waals surface area contributed by atoms with Crippen LogP contribution in [0, 0.1) is 0 Å². The maximum atomic E-state index is 13.2. The molecule has 1 heterocycles. The summed E-state index contributed by atoms with van der Waals surface area (Å²) in [5.41, 5.74) is 0.392. The molecule has 0 spiro atoms. The molecular formula is C20H21F3N2O4S. The molecule has 1 N–H and O–H groups in total. The molecule has 0 radical (unpaired) electrons. The lowest BCUT2D eigenvalue weighted by molar-refractivity contribution is -0.137. The van der Waals surface area contributed by atoms with Crippen LogP contribution in [0.1, 0.15) is 21.5 Å². The molecule has 0 unspecified atom stereocenters. The number of morpholine rings is 1. The first kappa shape index (κ1) is 22.1. The molecule has 2 aromatic carbocycles. The quantitative estimate of drug-likeness (QED) is 0.769. The second-order valence-corrected chi connectivity index (χ2v) is 9.19. The molecule has 10 heteroatoms. The Morgan fingerprint density at radius 1 is 1.10 bits per heavy atom. The maximum absolute atomic E-state index is 13.2. The highest BCUT2D eigenvalue weighted by molar-refractivity contribution is 7.89. The first-order valence-electron chi connectivity index (χ1n) is 9.15. The van der Waals surface area contributed by atoms with Crippen LogP contribution in [0.3, 0.4) is 0 Å². The second-order valence-electron chi connectivity index (χ2n) is 7.05. The van der Waals surface area contributed by atoms with Gasteiger partial charge in [-0.05, 0) is 35.9 Å². The molecule has 1 fully saturated rings. The lowest BCUT2D eigenvalue weighted by Gasteiger charge is -2.31. The smallest absolute Gasteiger partial charge is 0.378 e. The third kappa shape index (κ3) is 5.73. The predicted octanol–water partition coefficient (Wildman–Crippen LogP) is 3.34. The van der Waals surface area contributed by atoms with Gasteiger partial charge in [-0.2, -0.15) is 13.2 Å². The second kappa shape index (κ2) is 8.65. The summed E-state index contributed by atoms with van der Waals surface area (Å²) in [7, 11) is -3.22. The Hall–Kier alpha value is -2.59. The van der Waals surface area contributed by atoms with Crippen LogP contribution >= 0.6 is 0 Å². The van der Waals surface area contributed by atoms with Crippen LogP contribution in [0.25, 0.3) is 0 Å². The number of benzene rings is 2. The van der Waals surface area contributed by atoms with Crippen LogP contribution in [0.2, 0.25) is 0 Å². The number of carbonyl (C=O) groups excluding carboxylic acids is 1. The number of nitrogens with zero attached hydrogens (tertiary/aromatic N) is 1. The van der Waals surface area contributed by atoms with Crippen molar-refractivity contribution in [2.24, 2.45) is 0 Å². The van der Waals surface area contributed by atoms with E-state index in [0.717, 1.165) is 18.4 Å². The average Bonchev–Trinajstić information content (AvgIpc) is 2.67. The van der Waals surface area contributed by atoms with Crippen molar-refractivity contribution in [2.75, 3.05) is 42.8 Å². The summed E-state index contributed by atoms with van der Waals surface area (Å²) >= 11 is 0. The van der Waals surface area contributed by atoms with E-state index < -0.39 is 27.5 Å². The Morgan fingerprint density at radius 2 is 1.73 bits per heavy atom. The number of nitrogens with one attached hydrogen (secondary N) is 1. The van der Waals surface area contributed by atoms with Crippen molar-refractivity contribution >= 4 is 27.1 Å².